The lowest BCUT2D eigenvalue weighted by Gasteiger charge is -2.25. The Kier molecular flexibility index (Phi) is 7.47. The van der Waals surface area contributed by atoms with E-state index in [4.69, 9.17) is 5.11 Å². The van der Waals surface area contributed by atoms with Crippen molar-refractivity contribution < 1.29 is 18.3 Å². The van der Waals surface area contributed by atoms with Crippen LogP contribution in [0.5, 0.6) is 0 Å². The van der Waals surface area contributed by atoms with Crippen LogP contribution >= 0.6 is 0 Å². The van der Waals surface area contributed by atoms with Crippen LogP contribution in [0.2, 0.25) is 0 Å². The molecule has 0 saturated carbocycles. The van der Waals surface area contributed by atoms with Crippen LogP contribution < -0.4 is 4.31 Å². The molecule has 0 unspecified atom stereocenters. The SMILES string of the molecule is CCCCCCN(c1ccc(C(=O)O)cc1)S(=O)(=O)c1ccc(-c2ccccc2)cc1. The first-order valence-corrected chi connectivity index (χ1v) is 11.9. The van der Waals surface area contributed by atoms with E-state index >= 15 is 0 Å². The number of carboxylic acids is 1. The first kappa shape index (κ1) is 22.6. The van der Waals surface area contributed by atoms with Crippen molar-refractivity contribution in [3.8, 4) is 11.1 Å². The summed E-state index contributed by atoms with van der Waals surface area (Å²) in [7, 11) is -3.79. The average molecular weight is 438 g/mol. The fraction of sp³-hybridized carbons (Fsp3) is 0.240. The first-order chi connectivity index (χ1) is 14.9. The maximum atomic E-state index is 13.5. The lowest BCUT2D eigenvalue weighted by atomic mass is 10.1. The minimum atomic E-state index is -3.79. The second-order valence-electron chi connectivity index (χ2n) is 7.38. The third kappa shape index (κ3) is 5.52. The van der Waals surface area contributed by atoms with Gasteiger partial charge in [-0.3, -0.25) is 4.31 Å². The number of carbonyl (C=O) groups is 1. The molecule has 162 valence electrons. The lowest BCUT2D eigenvalue weighted by molar-refractivity contribution is 0.0697. The molecule has 0 heterocycles. The molecular weight excluding hydrogens is 410 g/mol. The number of aromatic carboxylic acids is 1. The molecule has 0 atom stereocenters. The summed E-state index contributed by atoms with van der Waals surface area (Å²) in [5.41, 5.74) is 2.56. The largest absolute Gasteiger partial charge is 0.478 e. The molecule has 3 rings (SSSR count). The Morgan fingerprint density at radius 2 is 1.42 bits per heavy atom. The van der Waals surface area contributed by atoms with E-state index in [2.05, 4.69) is 6.92 Å². The lowest BCUT2D eigenvalue weighted by Crippen LogP contribution is -2.32. The Labute approximate surface area is 184 Å². The van der Waals surface area contributed by atoms with Gasteiger partial charge in [-0.1, -0.05) is 68.7 Å². The standard InChI is InChI=1S/C25H27NO4S/c1-2-3-4-8-19-26(23-15-11-22(12-16-23)25(27)28)31(29,30)24-17-13-21(14-18-24)20-9-6-5-7-10-20/h5-7,9-18H,2-4,8,19H2,1H3,(H,27,28). The molecular formula is C25H27NO4S. The van der Waals surface area contributed by atoms with Gasteiger partial charge in [-0.25, -0.2) is 13.2 Å². The van der Waals surface area contributed by atoms with E-state index < -0.39 is 16.0 Å². The molecule has 3 aromatic carbocycles. The molecule has 0 aliphatic rings. The fourth-order valence-corrected chi connectivity index (χ4v) is 4.92. The van der Waals surface area contributed by atoms with Crippen molar-refractivity contribution in [1.29, 1.82) is 0 Å². The highest BCUT2D eigenvalue weighted by atomic mass is 32.2. The Morgan fingerprint density at radius 3 is 2.00 bits per heavy atom. The molecule has 0 saturated heterocycles. The Bertz CT molecular complexity index is 1090. The van der Waals surface area contributed by atoms with Crippen LogP contribution in [0.3, 0.4) is 0 Å². The number of hydrogen-bond acceptors (Lipinski definition) is 3. The summed E-state index contributed by atoms with van der Waals surface area (Å²) in [6.07, 6.45) is 3.76. The van der Waals surface area contributed by atoms with Crippen LogP contribution in [0.15, 0.2) is 83.8 Å². The minimum absolute atomic E-state index is 0.124. The zero-order chi connectivity index (χ0) is 22.3. The van der Waals surface area contributed by atoms with Crippen molar-refractivity contribution >= 4 is 21.7 Å². The quantitative estimate of drug-likeness (QED) is 0.405. The molecule has 1 N–H and O–H groups in total. The Balaban J connectivity index is 1.91. The number of unbranched alkanes of at least 4 members (excludes halogenated alkanes) is 3. The molecule has 0 aromatic heterocycles. The maximum Gasteiger partial charge on any atom is 0.335 e. The topological polar surface area (TPSA) is 74.7 Å². The van der Waals surface area contributed by atoms with Crippen molar-refractivity contribution in [3.63, 3.8) is 0 Å². The van der Waals surface area contributed by atoms with Gasteiger partial charge in [-0.15, -0.1) is 0 Å². The number of rotatable bonds is 10. The van der Waals surface area contributed by atoms with Crippen molar-refractivity contribution in [3.05, 3.63) is 84.4 Å². The van der Waals surface area contributed by atoms with E-state index in [-0.39, 0.29) is 10.5 Å². The van der Waals surface area contributed by atoms with Crippen LogP contribution in [0.4, 0.5) is 5.69 Å². The molecule has 0 bridgehead atoms. The maximum absolute atomic E-state index is 13.5. The third-order valence-corrected chi connectivity index (χ3v) is 7.01. The number of sulfonamides is 1. The highest BCUT2D eigenvalue weighted by Gasteiger charge is 2.25. The summed E-state index contributed by atoms with van der Waals surface area (Å²) < 4.78 is 28.3. The van der Waals surface area contributed by atoms with E-state index in [1.54, 1.807) is 24.3 Å². The molecule has 0 fully saturated rings. The fourth-order valence-electron chi connectivity index (χ4n) is 3.42. The van der Waals surface area contributed by atoms with Crippen molar-refractivity contribution in [2.45, 2.75) is 37.5 Å². The number of carboxylic acid groups (broad SMARTS) is 1. The molecule has 0 aliphatic carbocycles. The number of hydrogen-bond donors (Lipinski definition) is 1. The minimum Gasteiger partial charge on any atom is -0.478 e. The molecule has 0 aliphatic heterocycles. The van der Waals surface area contributed by atoms with E-state index in [1.807, 2.05) is 42.5 Å². The predicted molar refractivity (Wildman–Crippen MR) is 124 cm³/mol. The molecule has 6 heteroatoms. The van der Waals surface area contributed by atoms with Gasteiger partial charge < -0.3 is 5.11 Å². The van der Waals surface area contributed by atoms with Crippen LogP contribution in [-0.4, -0.2) is 26.0 Å². The summed E-state index contributed by atoms with van der Waals surface area (Å²) >= 11 is 0. The molecule has 5 nitrogen and oxygen atoms in total. The van der Waals surface area contributed by atoms with Crippen LogP contribution in [0.1, 0.15) is 43.0 Å². The van der Waals surface area contributed by atoms with E-state index in [0.29, 0.717) is 12.2 Å². The van der Waals surface area contributed by atoms with Gasteiger partial charge >= 0.3 is 5.97 Å². The third-order valence-electron chi connectivity index (χ3n) is 5.17. The van der Waals surface area contributed by atoms with Crippen LogP contribution in [0.25, 0.3) is 11.1 Å². The molecule has 31 heavy (non-hydrogen) atoms. The number of anilines is 1. The van der Waals surface area contributed by atoms with Crippen molar-refractivity contribution in [2.75, 3.05) is 10.8 Å². The Hall–Kier alpha value is -3.12. The van der Waals surface area contributed by atoms with Gasteiger partial charge in [0.15, 0.2) is 0 Å². The summed E-state index contributed by atoms with van der Waals surface area (Å²) in [5.74, 6) is -1.04. The van der Waals surface area contributed by atoms with Gasteiger partial charge in [0.25, 0.3) is 10.0 Å². The van der Waals surface area contributed by atoms with E-state index in [1.165, 1.54) is 16.4 Å². The number of benzene rings is 3. The molecule has 0 spiro atoms. The first-order valence-electron chi connectivity index (χ1n) is 10.4. The second kappa shape index (κ2) is 10.3. The van der Waals surface area contributed by atoms with Crippen molar-refractivity contribution in [2.24, 2.45) is 0 Å². The normalized spacial score (nSPS) is 11.3. The van der Waals surface area contributed by atoms with Gasteiger partial charge in [0.1, 0.15) is 0 Å². The smallest absolute Gasteiger partial charge is 0.335 e. The predicted octanol–water partition coefficient (Wildman–Crippen LogP) is 5.83. The molecule has 0 radical (unpaired) electrons. The molecule has 0 amide bonds. The van der Waals surface area contributed by atoms with E-state index in [0.717, 1.165) is 36.8 Å². The van der Waals surface area contributed by atoms with Gasteiger partial charge in [-0.05, 0) is 53.9 Å². The summed E-state index contributed by atoms with van der Waals surface area (Å²) in [6.45, 7) is 2.45. The highest BCUT2D eigenvalue weighted by molar-refractivity contribution is 7.92. The molecule has 3 aromatic rings. The Morgan fingerprint density at radius 1 is 0.806 bits per heavy atom. The zero-order valence-corrected chi connectivity index (χ0v) is 18.4. The van der Waals surface area contributed by atoms with Gasteiger partial charge in [0.2, 0.25) is 0 Å². The average Bonchev–Trinajstić information content (AvgIpc) is 2.80. The van der Waals surface area contributed by atoms with Crippen LogP contribution in [-0.2, 0) is 10.0 Å². The number of nitrogens with zero attached hydrogens (tertiary/aromatic N) is 1. The summed E-state index contributed by atoms with van der Waals surface area (Å²) in [6, 6.07) is 22.6. The van der Waals surface area contributed by atoms with Gasteiger partial charge in [0, 0.05) is 6.54 Å². The summed E-state index contributed by atoms with van der Waals surface area (Å²) in [4.78, 5) is 11.4. The monoisotopic (exact) mass is 437 g/mol. The van der Waals surface area contributed by atoms with Gasteiger partial charge in [0.05, 0.1) is 16.1 Å². The highest BCUT2D eigenvalue weighted by Crippen LogP contribution is 2.27. The van der Waals surface area contributed by atoms with Crippen LogP contribution in [0, 0.1) is 0 Å². The summed E-state index contributed by atoms with van der Waals surface area (Å²) in [5, 5.41) is 9.14. The second-order valence-corrected chi connectivity index (χ2v) is 9.24. The zero-order valence-electron chi connectivity index (χ0n) is 17.6. The van der Waals surface area contributed by atoms with Crippen molar-refractivity contribution in [1.82, 2.24) is 0 Å². The van der Waals surface area contributed by atoms with E-state index in [9.17, 15) is 13.2 Å². The van der Waals surface area contributed by atoms with Gasteiger partial charge in [-0.2, -0.15) is 0 Å².